The number of hydrogen-bond acceptors (Lipinski definition) is 7. The molecule has 0 aromatic carbocycles. The fourth-order valence-corrected chi connectivity index (χ4v) is 9.12. The molecule has 0 saturated carbocycles. The lowest BCUT2D eigenvalue weighted by Crippen LogP contribution is -2.47. The Morgan fingerprint density at radius 3 is 1.14 bits per heavy atom. The highest BCUT2D eigenvalue weighted by Gasteiger charge is 2.18. The summed E-state index contributed by atoms with van der Waals surface area (Å²) in [5.74, 6) is 0.328. The van der Waals surface area contributed by atoms with Gasteiger partial charge in [0, 0.05) is 65.2 Å². The molecule has 0 bridgehead atoms. The number of hydrogen-bond donors (Lipinski definition) is 1. The predicted octanol–water partition coefficient (Wildman–Crippen LogP) is 17.3. The number of ether oxygens (including phenoxy) is 1. The van der Waals surface area contributed by atoms with Crippen LogP contribution in [0.25, 0.3) is 0 Å². The van der Waals surface area contributed by atoms with Gasteiger partial charge in [-0.15, -0.1) is 6.58 Å². The second kappa shape index (κ2) is 63.6. The maximum absolute atomic E-state index is 12.9. The Kier molecular flexibility index (Phi) is 70.4. The third-order valence-electron chi connectivity index (χ3n) is 13.7. The summed E-state index contributed by atoms with van der Waals surface area (Å²) in [5, 5.41) is 3.38. The Morgan fingerprint density at radius 1 is 0.429 bits per heavy atom. The SMILES string of the molecule is C.C.C.C.C=CCCN(CCCCCCCCC)CCCC(=O)OCCCCC.CCCCCCCCCN(CCCCCCCCC)CCN(CCCCCCCCC)CCC(=O)N1CCNCC1. The van der Waals surface area contributed by atoms with E-state index < -0.39 is 0 Å². The predicted molar refractivity (Wildman–Crippen MR) is 317 cm³/mol. The van der Waals surface area contributed by atoms with Crippen LogP contribution in [0.5, 0.6) is 0 Å². The Labute approximate surface area is 442 Å². The van der Waals surface area contributed by atoms with Crippen LogP contribution in [0, 0.1) is 0 Å². The Morgan fingerprint density at radius 2 is 0.757 bits per heavy atom. The van der Waals surface area contributed by atoms with E-state index in [0.717, 1.165) is 97.6 Å². The van der Waals surface area contributed by atoms with Crippen LogP contribution in [-0.4, -0.2) is 123 Å². The molecule has 1 heterocycles. The van der Waals surface area contributed by atoms with Crippen molar-refractivity contribution in [3.05, 3.63) is 12.7 Å². The maximum Gasteiger partial charge on any atom is 0.305 e. The minimum absolute atomic E-state index is 0. The van der Waals surface area contributed by atoms with E-state index in [1.54, 1.807) is 0 Å². The first-order valence-electron chi connectivity index (χ1n) is 29.4. The normalized spacial score (nSPS) is 12.1. The third-order valence-corrected chi connectivity index (χ3v) is 13.7. The Hall–Kier alpha value is -1.48. The van der Waals surface area contributed by atoms with Crippen LogP contribution in [0.1, 0.15) is 289 Å². The number of carbonyl (C=O) groups excluding carboxylic acids is 2. The van der Waals surface area contributed by atoms with E-state index in [9.17, 15) is 9.59 Å². The molecule has 1 aliphatic rings. The smallest absolute Gasteiger partial charge is 0.305 e. The molecule has 0 radical (unpaired) electrons. The van der Waals surface area contributed by atoms with Crippen LogP contribution in [0.15, 0.2) is 12.7 Å². The summed E-state index contributed by atoms with van der Waals surface area (Å²) >= 11 is 0. The maximum atomic E-state index is 12.9. The molecule has 1 rings (SSSR count). The zero-order chi connectivity index (χ0) is 48.2. The molecule has 0 aromatic rings. The van der Waals surface area contributed by atoms with Crippen molar-refractivity contribution < 1.29 is 14.3 Å². The van der Waals surface area contributed by atoms with E-state index in [0.29, 0.717) is 25.4 Å². The molecular weight excluding hydrogens is 863 g/mol. The van der Waals surface area contributed by atoms with Gasteiger partial charge in [0.05, 0.1) is 6.61 Å². The molecule has 8 nitrogen and oxygen atoms in total. The second-order valence-electron chi connectivity index (χ2n) is 20.0. The summed E-state index contributed by atoms with van der Waals surface area (Å²) in [6, 6.07) is 0. The van der Waals surface area contributed by atoms with Gasteiger partial charge in [-0.05, 0) is 77.7 Å². The fourth-order valence-electron chi connectivity index (χ4n) is 9.12. The molecule has 1 N–H and O–H groups in total. The Balaban J connectivity index is -0.000000422. The van der Waals surface area contributed by atoms with E-state index in [4.69, 9.17) is 4.74 Å². The van der Waals surface area contributed by atoms with Gasteiger partial charge >= 0.3 is 5.97 Å². The summed E-state index contributed by atoms with van der Waals surface area (Å²) < 4.78 is 5.28. The van der Waals surface area contributed by atoms with Crippen LogP contribution in [0.4, 0.5) is 0 Å². The fraction of sp³-hybridized carbons (Fsp3) is 0.935. The summed E-state index contributed by atoms with van der Waals surface area (Å²) in [6.07, 6.45) is 46.8. The van der Waals surface area contributed by atoms with Crippen LogP contribution >= 0.6 is 0 Å². The standard InChI is InChI=1S/C36H74N4O.C22H43NO2.4CH4/c1-4-7-10-13-16-19-22-28-38(29-23-20-17-14-11-8-5-2)34-35-39(30-24-21-18-15-12-9-6-3)31-25-36(41)40-32-26-37-27-33-40;1-4-7-10-11-12-13-14-19-23(18-9-6-3)20-16-17-22(24)25-21-15-8-5-2;;;;/h37H,4-35H2,1-3H3;6H,3-5,7-21H2,1-2H3;4*1H4. The van der Waals surface area contributed by atoms with Gasteiger partial charge in [0.1, 0.15) is 0 Å². The lowest BCUT2D eigenvalue weighted by Gasteiger charge is -2.30. The largest absolute Gasteiger partial charge is 0.466 e. The van der Waals surface area contributed by atoms with E-state index >= 15 is 0 Å². The molecule has 1 saturated heterocycles. The van der Waals surface area contributed by atoms with E-state index in [1.807, 2.05) is 6.08 Å². The van der Waals surface area contributed by atoms with Crippen LogP contribution < -0.4 is 5.32 Å². The molecule has 424 valence electrons. The van der Waals surface area contributed by atoms with Gasteiger partial charge in [0.15, 0.2) is 0 Å². The molecular formula is C62H133N5O3. The summed E-state index contributed by atoms with van der Waals surface area (Å²) in [7, 11) is 0. The number of esters is 1. The van der Waals surface area contributed by atoms with Crippen molar-refractivity contribution in [2.24, 2.45) is 0 Å². The molecule has 1 amide bonds. The van der Waals surface area contributed by atoms with Crippen molar-refractivity contribution in [1.29, 1.82) is 0 Å². The van der Waals surface area contributed by atoms with Gasteiger partial charge in [-0.25, -0.2) is 0 Å². The molecule has 70 heavy (non-hydrogen) atoms. The molecule has 1 aliphatic heterocycles. The molecule has 0 spiro atoms. The first-order valence-corrected chi connectivity index (χ1v) is 29.4. The molecule has 0 unspecified atom stereocenters. The number of nitrogens with one attached hydrogen (secondary N) is 1. The molecule has 1 fully saturated rings. The lowest BCUT2D eigenvalue weighted by atomic mass is 10.1. The highest BCUT2D eigenvalue weighted by Crippen LogP contribution is 2.13. The summed E-state index contributed by atoms with van der Waals surface area (Å²) in [4.78, 5) is 34.6. The van der Waals surface area contributed by atoms with E-state index in [2.05, 4.69) is 66.1 Å². The van der Waals surface area contributed by atoms with Crippen molar-refractivity contribution in [3.8, 4) is 0 Å². The summed E-state index contributed by atoms with van der Waals surface area (Å²) in [6.45, 7) is 29.5. The second-order valence-corrected chi connectivity index (χ2v) is 20.0. The lowest BCUT2D eigenvalue weighted by molar-refractivity contribution is -0.144. The van der Waals surface area contributed by atoms with E-state index in [1.165, 1.54) is 199 Å². The van der Waals surface area contributed by atoms with Crippen LogP contribution in [-0.2, 0) is 14.3 Å². The van der Waals surface area contributed by atoms with E-state index in [-0.39, 0.29) is 35.7 Å². The zero-order valence-corrected chi connectivity index (χ0v) is 45.4. The van der Waals surface area contributed by atoms with Crippen LogP contribution in [0.2, 0.25) is 0 Å². The zero-order valence-electron chi connectivity index (χ0n) is 45.4. The van der Waals surface area contributed by atoms with Crippen molar-refractivity contribution in [1.82, 2.24) is 24.9 Å². The number of rotatable bonds is 49. The number of amides is 1. The molecule has 0 atom stereocenters. The number of piperazine rings is 1. The van der Waals surface area contributed by atoms with Gasteiger partial charge in [-0.2, -0.15) is 0 Å². The molecule has 0 aliphatic carbocycles. The van der Waals surface area contributed by atoms with Gasteiger partial charge in [0.2, 0.25) is 5.91 Å². The number of unbranched alkanes of at least 4 members (excludes halogenated alkanes) is 26. The molecule has 8 heteroatoms. The van der Waals surface area contributed by atoms with Gasteiger partial charge in [0.25, 0.3) is 0 Å². The van der Waals surface area contributed by atoms with Crippen LogP contribution in [0.3, 0.4) is 0 Å². The van der Waals surface area contributed by atoms with Gasteiger partial charge in [-0.1, -0.05) is 237 Å². The highest BCUT2D eigenvalue weighted by atomic mass is 16.5. The average Bonchev–Trinajstić information content (AvgIpc) is 3.33. The average molecular weight is 997 g/mol. The van der Waals surface area contributed by atoms with Crippen molar-refractivity contribution in [2.75, 3.05) is 91.7 Å². The Bertz CT molecular complexity index is 990. The third kappa shape index (κ3) is 54.3. The van der Waals surface area contributed by atoms with Crippen molar-refractivity contribution in [2.45, 2.75) is 289 Å². The number of carbonyl (C=O) groups is 2. The van der Waals surface area contributed by atoms with Crippen molar-refractivity contribution >= 4 is 11.9 Å². The first-order chi connectivity index (χ1) is 32.4. The summed E-state index contributed by atoms with van der Waals surface area (Å²) in [5.41, 5.74) is 0. The monoisotopic (exact) mass is 996 g/mol. The topological polar surface area (TPSA) is 68.4 Å². The first kappa shape index (κ1) is 77.4. The molecule has 0 aromatic heterocycles. The minimum Gasteiger partial charge on any atom is -0.466 e. The van der Waals surface area contributed by atoms with Crippen molar-refractivity contribution in [3.63, 3.8) is 0 Å². The minimum atomic E-state index is -0.0318. The number of nitrogens with zero attached hydrogens (tertiary/aromatic N) is 4. The quantitative estimate of drug-likeness (QED) is 0.0370. The van der Waals surface area contributed by atoms with Gasteiger partial charge in [-0.3, -0.25) is 9.59 Å². The van der Waals surface area contributed by atoms with Gasteiger partial charge < -0.3 is 29.7 Å². The highest BCUT2D eigenvalue weighted by molar-refractivity contribution is 5.76.